The Labute approximate surface area is 141 Å². The monoisotopic (exact) mass is 316 g/mol. The number of Topliss-reactive ketones (excluding diaryl/α,β-unsaturated/α-hetero) is 1. The van der Waals surface area contributed by atoms with Gasteiger partial charge in [0.25, 0.3) is 0 Å². The number of rotatable bonds is 9. The summed E-state index contributed by atoms with van der Waals surface area (Å²) in [7, 11) is 0. The standard InChI is InChI=1S/C20H32N2O/c1-5-7-11-22(12-8-6-2)16(4)20(23)17-9-10-19-18(14-17)13-15(3)21-19/h9-10,14-16,21H,5-8,11-13H2,1-4H3. The molecule has 1 heterocycles. The fourth-order valence-electron chi connectivity index (χ4n) is 3.33. The maximum Gasteiger partial charge on any atom is 0.179 e. The fraction of sp³-hybridized carbons (Fsp3) is 0.650. The van der Waals surface area contributed by atoms with Gasteiger partial charge in [0.1, 0.15) is 0 Å². The van der Waals surface area contributed by atoms with Crippen LogP contribution >= 0.6 is 0 Å². The van der Waals surface area contributed by atoms with Crippen LogP contribution in [0.15, 0.2) is 18.2 Å². The van der Waals surface area contributed by atoms with Crippen LogP contribution < -0.4 is 5.32 Å². The third-order valence-electron chi connectivity index (χ3n) is 4.84. The summed E-state index contributed by atoms with van der Waals surface area (Å²) in [5, 5.41) is 3.45. The van der Waals surface area contributed by atoms with E-state index in [2.05, 4.69) is 50.0 Å². The lowest BCUT2D eigenvalue weighted by atomic mass is 9.99. The number of carbonyl (C=O) groups excluding carboxylic acids is 1. The number of benzene rings is 1. The first-order chi connectivity index (χ1) is 11.1. The Hall–Kier alpha value is -1.35. The summed E-state index contributed by atoms with van der Waals surface area (Å²) < 4.78 is 0. The highest BCUT2D eigenvalue weighted by Crippen LogP contribution is 2.27. The summed E-state index contributed by atoms with van der Waals surface area (Å²) in [6, 6.07) is 6.60. The number of ketones is 1. The average Bonchev–Trinajstić information content (AvgIpc) is 2.92. The summed E-state index contributed by atoms with van der Waals surface area (Å²) in [5.74, 6) is 0.263. The molecule has 0 fully saturated rings. The Bertz CT molecular complexity index is 518. The highest BCUT2D eigenvalue weighted by atomic mass is 16.1. The predicted octanol–water partition coefficient (Wildman–Crippen LogP) is 4.52. The molecule has 0 aromatic heterocycles. The van der Waals surface area contributed by atoms with E-state index in [0.29, 0.717) is 6.04 Å². The highest BCUT2D eigenvalue weighted by molar-refractivity contribution is 6.00. The van der Waals surface area contributed by atoms with Crippen molar-refractivity contribution in [3.63, 3.8) is 0 Å². The number of fused-ring (bicyclic) bond motifs is 1. The van der Waals surface area contributed by atoms with Crippen LogP contribution in [0.1, 0.15) is 69.3 Å². The minimum absolute atomic E-state index is 0.0297. The summed E-state index contributed by atoms with van der Waals surface area (Å²) >= 11 is 0. The second-order valence-electron chi connectivity index (χ2n) is 6.90. The first-order valence-electron chi connectivity index (χ1n) is 9.24. The number of hydrogen-bond acceptors (Lipinski definition) is 3. The van der Waals surface area contributed by atoms with Crippen LogP contribution in [-0.2, 0) is 6.42 Å². The van der Waals surface area contributed by atoms with Crippen molar-refractivity contribution in [3.05, 3.63) is 29.3 Å². The molecule has 0 aliphatic carbocycles. The van der Waals surface area contributed by atoms with Crippen molar-refractivity contribution in [2.75, 3.05) is 18.4 Å². The van der Waals surface area contributed by atoms with E-state index in [-0.39, 0.29) is 11.8 Å². The van der Waals surface area contributed by atoms with E-state index >= 15 is 0 Å². The third-order valence-corrected chi connectivity index (χ3v) is 4.84. The van der Waals surface area contributed by atoms with Crippen LogP contribution in [0.5, 0.6) is 0 Å². The van der Waals surface area contributed by atoms with Gasteiger partial charge in [0, 0.05) is 17.3 Å². The molecule has 0 amide bonds. The van der Waals surface area contributed by atoms with Crippen molar-refractivity contribution in [1.82, 2.24) is 4.90 Å². The van der Waals surface area contributed by atoms with Gasteiger partial charge in [-0.3, -0.25) is 9.69 Å². The largest absolute Gasteiger partial charge is 0.382 e. The zero-order chi connectivity index (χ0) is 16.8. The first-order valence-corrected chi connectivity index (χ1v) is 9.24. The van der Waals surface area contributed by atoms with Crippen LogP contribution in [0, 0.1) is 0 Å². The van der Waals surface area contributed by atoms with Gasteiger partial charge in [-0.05, 0) is 70.0 Å². The molecule has 1 aliphatic rings. The molecule has 0 saturated carbocycles. The maximum absolute atomic E-state index is 12.9. The maximum atomic E-state index is 12.9. The number of unbranched alkanes of at least 4 members (excludes halogenated alkanes) is 2. The minimum Gasteiger partial charge on any atom is -0.382 e. The molecule has 1 aromatic rings. The van der Waals surface area contributed by atoms with Gasteiger partial charge in [-0.15, -0.1) is 0 Å². The second kappa shape index (κ2) is 8.49. The Morgan fingerprint density at radius 2 is 1.91 bits per heavy atom. The lowest BCUT2D eigenvalue weighted by Gasteiger charge is -2.28. The Morgan fingerprint density at radius 3 is 2.52 bits per heavy atom. The molecule has 0 spiro atoms. The first kappa shape index (κ1) is 18.0. The van der Waals surface area contributed by atoms with Crippen molar-refractivity contribution in [3.8, 4) is 0 Å². The molecule has 0 saturated heterocycles. The zero-order valence-corrected chi connectivity index (χ0v) is 15.2. The van der Waals surface area contributed by atoms with Gasteiger partial charge in [-0.1, -0.05) is 26.7 Å². The molecule has 3 heteroatoms. The second-order valence-corrected chi connectivity index (χ2v) is 6.90. The summed E-state index contributed by atoms with van der Waals surface area (Å²) in [4.78, 5) is 15.3. The van der Waals surface area contributed by atoms with Gasteiger partial charge < -0.3 is 5.32 Å². The molecule has 1 aliphatic heterocycles. The van der Waals surface area contributed by atoms with Gasteiger partial charge in [0.05, 0.1) is 6.04 Å². The third kappa shape index (κ3) is 4.57. The molecule has 1 aromatic carbocycles. The number of hydrogen-bond donors (Lipinski definition) is 1. The van der Waals surface area contributed by atoms with Crippen molar-refractivity contribution < 1.29 is 4.79 Å². The van der Waals surface area contributed by atoms with E-state index < -0.39 is 0 Å². The van der Waals surface area contributed by atoms with E-state index in [1.54, 1.807) is 0 Å². The molecule has 1 N–H and O–H groups in total. The Morgan fingerprint density at radius 1 is 1.26 bits per heavy atom. The van der Waals surface area contributed by atoms with E-state index in [0.717, 1.165) is 37.9 Å². The molecule has 2 atom stereocenters. The van der Waals surface area contributed by atoms with Gasteiger partial charge in [0.2, 0.25) is 0 Å². The van der Waals surface area contributed by atoms with Crippen molar-refractivity contribution in [2.45, 2.75) is 71.9 Å². The molecular weight excluding hydrogens is 284 g/mol. The number of carbonyl (C=O) groups is 1. The van der Waals surface area contributed by atoms with Crippen molar-refractivity contribution in [1.29, 1.82) is 0 Å². The van der Waals surface area contributed by atoms with E-state index in [1.807, 2.05) is 6.07 Å². The van der Waals surface area contributed by atoms with E-state index in [4.69, 9.17) is 0 Å². The molecule has 23 heavy (non-hydrogen) atoms. The predicted molar refractivity (Wildman–Crippen MR) is 98.4 cm³/mol. The van der Waals surface area contributed by atoms with Crippen LogP contribution in [0.3, 0.4) is 0 Å². The number of anilines is 1. The van der Waals surface area contributed by atoms with E-state index in [9.17, 15) is 4.79 Å². The smallest absolute Gasteiger partial charge is 0.179 e. The van der Waals surface area contributed by atoms with Gasteiger partial charge in [0.15, 0.2) is 5.78 Å². The van der Waals surface area contributed by atoms with Crippen molar-refractivity contribution in [2.24, 2.45) is 0 Å². The van der Waals surface area contributed by atoms with Crippen LogP contribution in [-0.4, -0.2) is 35.9 Å². The van der Waals surface area contributed by atoms with Gasteiger partial charge >= 0.3 is 0 Å². The quantitative estimate of drug-likeness (QED) is 0.680. The highest BCUT2D eigenvalue weighted by Gasteiger charge is 2.24. The van der Waals surface area contributed by atoms with E-state index in [1.165, 1.54) is 24.1 Å². The molecular formula is C20H32N2O. The van der Waals surface area contributed by atoms with Crippen LogP contribution in [0.2, 0.25) is 0 Å². The lowest BCUT2D eigenvalue weighted by Crippen LogP contribution is -2.40. The SMILES string of the molecule is CCCCN(CCCC)C(C)C(=O)c1ccc2c(c1)CC(C)N2. The van der Waals surface area contributed by atoms with Gasteiger partial charge in [-0.2, -0.15) is 0 Å². The Kier molecular flexibility index (Phi) is 6.64. The summed E-state index contributed by atoms with van der Waals surface area (Å²) in [5.41, 5.74) is 3.34. The molecule has 2 unspecified atom stereocenters. The molecule has 128 valence electrons. The van der Waals surface area contributed by atoms with Crippen LogP contribution in [0.4, 0.5) is 5.69 Å². The topological polar surface area (TPSA) is 32.3 Å². The fourth-order valence-corrected chi connectivity index (χ4v) is 3.33. The minimum atomic E-state index is -0.0297. The molecule has 2 rings (SSSR count). The summed E-state index contributed by atoms with van der Waals surface area (Å²) in [6.07, 6.45) is 5.68. The Balaban J connectivity index is 2.09. The number of nitrogens with zero attached hydrogens (tertiary/aromatic N) is 1. The lowest BCUT2D eigenvalue weighted by molar-refractivity contribution is 0.0833. The number of nitrogens with one attached hydrogen (secondary N) is 1. The molecule has 0 bridgehead atoms. The van der Waals surface area contributed by atoms with Crippen molar-refractivity contribution >= 4 is 11.5 Å². The van der Waals surface area contributed by atoms with Crippen LogP contribution in [0.25, 0.3) is 0 Å². The summed E-state index contributed by atoms with van der Waals surface area (Å²) in [6.45, 7) is 10.7. The van der Waals surface area contributed by atoms with Gasteiger partial charge in [-0.25, -0.2) is 0 Å². The molecule has 3 nitrogen and oxygen atoms in total. The zero-order valence-electron chi connectivity index (χ0n) is 15.2. The normalized spacial score (nSPS) is 17.9. The average molecular weight is 316 g/mol. The molecule has 0 radical (unpaired) electrons.